The third-order valence-electron chi connectivity index (χ3n) is 8.39. The Kier molecular flexibility index (Phi) is 6.41. The van der Waals surface area contributed by atoms with Crippen LogP contribution in [0.15, 0.2) is 53.6 Å². The van der Waals surface area contributed by atoms with Crippen molar-refractivity contribution in [3.8, 4) is 0 Å². The monoisotopic (exact) mass is 513 g/mol. The van der Waals surface area contributed by atoms with Crippen molar-refractivity contribution in [1.82, 2.24) is 20.1 Å². The van der Waals surface area contributed by atoms with E-state index in [0.29, 0.717) is 17.5 Å². The summed E-state index contributed by atoms with van der Waals surface area (Å²) in [6.07, 6.45) is 9.46. The zero-order valence-electron chi connectivity index (χ0n) is 21.9. The number of carbonyl (C=O) groups is 2. The van der Waals surface area contributed by atoms with Gasteiger partial charge in [-0.15, -0.1) is 0 Å². The average molecular weight is 514 g/mol. The molecule has 8 nitrogen and oxygen atoms in total. The molecule has 3 aliphatic rings. The van der Waals surface area contributed by atoms with E-state index in [1.807, 2.05) is 44.2 Å². The van der Waals surface area contributed by atoms with Crippen LogP contribution in [0, 0.1) is 17.8 Å². The number of aromatic nitrogens is 3. The molecule has 3 aromatic rings. The molecule has 0 aliphatic heterocycles. The molecule has 38 heavy (non-hydrogen) atoms. The van der Waals surface area contributed by atoms with Gasteiger partial charge in [-0.1, -0.05) is 12.1 Å². The first-order valence-corrected chi connectivity index (χ1v) is 13.9. The van der Waals surface area contributed by atoms with Crippen molar-refractivity contribution in [2.45, 2.75) is 70.4 Å². The predicted octanol–water partition coefficient (Wildman–Crippen LogP) is 4.40. The van der Waals surface area contributed by atoms with Crippen molar-refractivity contribution >= 4 is 17.5 Å². The van der Waals surface area contributed by atoms with E-state index in [9.17, 15) is 14.4 Å². The number of amides is 2. The smallest absolute Gasteiger partial charge is 0.270 e. The van der Waals surface area contributed by atoms with Crippen LogP contribution in [0.3, 0.4) is 0 Å². The maximum absolute atomic E-state index is 13.8. The molecule has 2 heterocycles. The number of hydrogen-bond donors (Lipinski definition) is 3. The van der Waals surface area contributed by atoms with E-state index in [1.54, 1.807) is 23.1 Å². The Labute approximate surface area is 222 Å². The van der Waals surface area contributed by atoms with Gasteiger partial charge in [-0.25, -0.2) is 0 Å². The lowest BCUT2D eigenvalue weighted by Gasteiger charge is -2.28. The minimum atomic E-state index is -0.595. The molecule has 0 spiro atoms. The second kappa shape index (κ2) is 9.89. The third kappa shape index (κ3) is 4.79. The first-order chi connectivity index (χ1) is 18.4. The van der Waals surface area contributed by atoms with Crippen LogP contribution in [0.1, 0.15) is 85.1 Å². The number of rotatable bonds is 9. The average Bonchev–Trinajstić information content (AvgIpc) is 3.82. The molecule has 198 valence electrons. The van der Waals surface area contributed by atoms with Crippen molar-refractivity contribution in [3.63, 3.8) is 0 Å². The van der Waals surface area contributed by atoms with Gasteiger partial charge in [-0.3, -0.25) is 19.1 Å². The molecule has 6 rings (SSSR count). The topological polar surface area (TPSA) is 109 Å². The van der Waals surface area contributed by atoms with Crippen molar-refractivity contribution < 1.29 is 9.59 Å². The highest BCUT2D eigenvalue weighted by Crippen LogP contribution is 2.51. The molecular weight excluding hydrogens is 478 g/mol. The highest BCUT2D eigenvalue weighted by atomic mass is 16.2. The number of benzene rings is 1. The van der Waals surface area contributed by atoms with Crippen molar-refractivity contribution in [1.29, 1.82) is 0 Å². The Balaban J connectivity index is 1.23. The summed E-state index contributed by atoms with van der Waals surface area (Å²) in [5.74, 6) is 0.764. The summed E-state index contributed by atoms with van der Waals surface area (Å²) in [5.41, 5.74) is 4.23. The fraction of sp³-hybridized carbons (Fsp3) is 0.467. The maximum Gasteiger partial charge on any atom is 0.270 e. The van der Waals surface area contributed by atoms with E-state index in [2.05, 4.69) is 20.7 Å². The van der Waals surface area contributed by atoms with E-state index < -0.39 is 6.04 Å². The zero-order valence-corrected chi connectivity index (χ0v) is 21.9. The fourth-order valence-corrected chi connectivity index (χ4v) is 6.30. The van der Waals surface area contributed by atoms with Crippen LogP contribution in [-0.2, 0) is 11.2 Å². The molecule has 2 fully saturated rings. The van der Waals surface area contributed by atoms with Crippen LogP contribution < -0.4 is 16.2 Å². The van der Waals surface area contributed by atoms with Gasteiger partial charge in [0.15, 0.2) is 0 Å². The molecule has 8 heteroatoms. The quantitative estimate of drug-likeness (QED) is 0.394. The first kappa shape index (κ1) is 24.6. The molecule has 1 unspecified atom stereocenters. The highest BCUT2D eigenvalue weighted by molar-refractivity contribution is 6.01. The van der Waals surface area contributed by atoms with Gasteiger partial charge in [0, 0.05) is 35.6 Å². The lowest BCUT2D eigenvalue weighted by molar-refractivity contribution is -0.119. The number of aryl methyl sites for hydroxylation is 1. The van der Waals surface area contributed by atoms with Gasteiger partial charge in [-0.05, 0) is 106 Å². The van der Waals surface area contributed by atoms with E-state index in [4.69, 9.17) is 0 Å². The molecule has 2 amide bonds. The normalized spacial score (nSPS) is 19.4. The molecule has 2 aromatic heterocycles. The Morgan fingerprint density at radius 3 is 2.47 bits per heavy atom. The van der Waals surface area contributed by atoms with Crippen molar-refractivity contribution in [2.24, 2.45) is 17.8 Å². The first-order valence-electron chi connectivity index (χ1n) is 13.9. The van der Waals surface area contributed by atoms with Gasteiger partial charge < -0.3 is 15.6 Å². The Hall–Kier alpha value is -3.68. The van der Waals surface area contributed by atoms with Gasteiger partial charge in [0.05, 0.1) is 0 Å². The van der Waals surface area contributed by atoms with E-state index in [1.165, 1.54) is 0 Å². The van der Waals surface area contributed by atoms with Gasteiger partial charge in [0.1, 0.15) is 11.7 Å². The summed E-state index contributed by atoms with van der Waals surface area (Å²) in [4.78, 5) is 42.3. The largest absolute Gasteiger partial charge is 0.339 e. The highest BCUT2D eigenvalue weighted by Gasteiger charge is 2.48. The molecule has 3 aliphatic carbocycles. The second-order valence-corrected chi connectivity index (χ2v) is 11.4. The molecule has 0 bridgehead atoms. The minimum absolute atomic E-state index is 0.0439. The third-order valence-corrected chi connectivity index (χ3v) is 8.39. The van der Waals surface area contributed by atoms with Crippen LogP contribution in [0.5, 0.6) is 0 Å². The van der Waals surface area contributed by atoms with Crippen molar-refractivity contribution in [2.75, 3.05) is 5.32 Å². The number of aromatic amines is 1. The number of nitrogens with zero attached hydrogens (tertiary/aromatic N) is 2. The van der Waals surface area contributed by atoms with E-state index in [-0.39, 0.29) is 35.3 Å². The van der Waals surface area contributed by atoms with Gasteiger partial charge >= 0.3 is 0 Å². The SMILES string of the molecule is CC(C)n1nccc1C(=O)N[C@H](C(=O)Nc1ccc2c(c1)CCC2c1ccc[nH]c1=O)C(C1CC1)C1CC1. The number of H-pyrrole nitrogens is 1. The van der Waals surface area contributed by atoms with Gasteiger partial charge in [0.25, 0.3) is 11.5 Å². The molecular formula is C30H35N5O3. The maximum atomic E-state index is 13.8. The van der Waals surface area contributed by atoms with Crippen molar-refractivity contribution in [3.05, 3.63) is 81.5 Å². The summed E-state index contributed by atoms with van der Waals surface area (Å²) >= 11 is 0. The number of fused-ring (bicyclic) bond motifs is 1. The number of anilines is 1. The lowest BCUT2D eigenvalue weighted by Crippen LogP contribution is -2.50. The second-order valence-electron chi connectivity index (χ2n) is 11.4. The standard InChI is InChI=1S/C30H35N5O3/c1-17(2)35-25(13-15-32-35)29(37)34-27(26(18-5-6-18)19-7-8-19)30(38)33-21-10-12-22-20(16-21)9-11-23(22)24-4-3-14-31-28(24)36/h3-4,10,12-19,23,26-27H,5-9,11H2,1-2H3,(H,31,36)(H,33,38)(H,34,37)/t23?,27-/m0/s1. The van der Waals surface area contributed by atoms with E-state index >= 15 is 0 Å². The molecule has 0 radical (unpaired) electrons. The molecule has 0 saturated heterocycles. The van der Waals surface area contributed by atoms with Crippen LogP contribution >= 0.6 is 0 Å². The minimum Gasteiger partial charge on any atom is -0.339 e. The number of nitrogens with one attached hydrogen (secondary N) is 3. The lowest BCUT2D eigenvalue weighted by atomic mass is 9.88. The fourth-order valence-electron chi connectivity index (χ4n) is 6.30. The molecule has 1 aromatic carbocycles. The molecule has 3 N–H and O–H groups in total. The predicted molar refractivity (Wildman–Crippen MR) is 145 cm³/mol. The van der Waals surface area contributed by atoms with Crippen LogP contribution in [0.4, 0.5) is 5.69 Å². The Morgan fingerprint density at radius 2 is 1.79 bits per heavy atom. The van der Waals surface area contributed by atoms with Crippen LogP contribution in [0.2, 0.25) is 0 Å². The zero-order chi connectivity index (χ0) is 26.4. The summed E-state index contributed by atoms with van der Waals surface area (Å²) < 4.78 is 1.70. The van der Waals surface area contributed by atoms with Gasteiger partial charge in [0.2, 0.25) is 5.91 Å². The summed E-state index contributed by atoms with van der Waals surface area (Å²) in [5, 5.41) is 10.5. The van der Waals surface area contributed by atoms with Gasteiger partial charge in [-0.2, -0.15) is 5.10 Å². The summed E-state index contributed by atoms with van der Waals surface area (Å²) in [6, 6.07) is 10.9. The number of carbonyl (C=O) groups excluding carboxylic acids is 2. The van der Waals surface area contributed by atoms with Crippen LogP contribution in [0.25, 0.3) is 0 Å². The summed E-state index contributed by atoms with van der Waals surface area (Å²) in [7, 11) is 0. The number of pyridine rings is 1. The van der Waals surface area contributed by atoms with Crippen LogP contribution in [-0.4, -0.2) is 32.6 Å². The molecule has 2 atom stereocenters. The Morgan fingerprint density at radius 1 is 1.03 bits per heavy atom. The van der Waals surface area contributed by atoms with E-state index in [0.717, 1.165) is 60.9 Å². The Bertz CT molecular complexity index is 1400. The number of hydrogen-bond acceptors (Lipinski definition) is 4. The molecule has 2 saturated carbocycles. The summed E-state index contributed by atoms with van der Waals surface area (Å²) in [6.45, 7) is 3.97.